The number of hydrazine groups is 1. The minimum atomic E-state index is -0.528. The molecule has 4 rings (SSSR count). The van der Waals surface area contributed by atoms with Crippen LogP contribution in [0, 0.1) is 23.7 Å². The number of benzene rings is 1. The molecule has 22 heavy (non-hydrogen) atoms. The summed E-state index contributed by atoms with van der Waals surface area (Å²) in [6.07, 6.45) is 2.99. The zero-order valence-electron chi connectivity index (χ0n) is 11.8. The monoisotopic (exact) mass is 318 g/mol. The van der Waals surface area contributed by atoms with Crippen LogP contribution in [0.3, 0.4) is 0 Å². The van der Waals surface area contributed by atoms with Crippen LogP contribution in [0.1, 0.15) is 29.6 Å². The summed E-state index contributed by atoms with van der Waals surface area (Å²) in [6.45, 7) is 0. The summed E-state index contributed by atoms with van der Waals surface area (Å²) in [6, 6.07) is 6.56. The lowest BCUT2D eigenvalue weighted by atomic mass is 9.81. The van der Waals surface area contributed by atoms with Crippen LogP contribution in [0.2, 0.25) is 5.02 Å². The molecule has 5 nitrogen and oxygen atoms in total. The topological polar surface area (TPSA) is 66.5 Å². The average Bonchev–Trinajstić information content (AvgIpc) is 3.17. The van der Waals surface area contributed by atoms with Gasteiger partial charge in [0.25, 0.3) is 17.7 Å². The average molecular weight is 319 g/mol. The highest BCUT2D eigenvalue weighted by Crippen LogP contribution is 2.55. The maximum absolute atomic E-state index is 12.5. The number of amides is 3. The highest BCUT2D eigenvalue weighted by atomic mass is 35.5. The molecule has 0 unspecified atom stereocenters. The van der Waals surface area contributed by atoms with Gasteiger partial charge < -0.3 is 0 Å². The highest BCUT2D eigenvalue weighted by molar-refractivity contribution is 6.33. The third-order valence-electron chi connectivity index (χ3n) is 5.26. The predicted molar refractivity (Wildman–Crippen MR) is 78.6 cm³/mol. The molecule has 3 amide bonds. The Morgan fingerprint density at radius 1 is 1.09 bits per heavy atom. The molecule has 2 bridgehead atoms. The summed E-state index contributed by atoms with van der Waals surface area (Å²) in [5.41, 5.74) is 2.70. The van der Waals surface area contributed by atoms with Crippen molar-refractivity contribution >= 4 is 29.3 Å². The van der Waals surface area contributed by atoms with Crippen LogP contribution < -0.4 is 5.43 Å². The first kappa shape index (κ1) is 13.8. The van der Waals surface area contributed by atoms with Gasteiger partial charge in [-0.05, 0) is 43.2 Å². The largest absolute Gasteiger partial charge is 0.272 e. The molecule has 6 heteroatoms. The fourth-order valence-corrected chi connectivity index (χ4v) is 4.55. The van der Waals surface area contributed by atoms with Crippen molar-refractivity contribution in [3.63, 3.8) is 0 Å². The van der Waals surface area contributed by atoms with E-state index < -0.39 is 5.91 Å². The van der Waals surface area contributed by atoms with Crippen molar-refractivity contribution in [1.82, 2.24) is 10.4 Å². The summed E-state index contributed by atoms with van der Waals surface area (Å²) in [5, 5.41) is 1.21. The molecule has 0 aromatic heterocycles. The molecular formula is C16H15ClN2O3. The molecule has 2 saturated carbocycles. The van der Waals surface area contributed by atoms with E-state index in [1.54, 1.807) is 24.3 Å². The first-order valence-electron chi connectivity index (χ1n) is 7.51. The molecule has 1 heterocycles. The second-order valence-electron chi connectivity index (χ2n) is 6.32. The van der Waals surface area contributed by atoms with Crippen LogP contribution >= 0.6 is 11.6 Å². The highest BCUT2D eigenvalue weighted by Gasteiger charge is 2.61. The molecule has 114 valence electrons. The van der Waals surface area contributed by atoms with E-state index in [0.717, 1.165) is 24.3 Å². The number of fused-ring (bicyclic) bond motifs is 5. The van der Waals surface area contributed by atoms with E-state index in [1.807, 2.05) is 0 Å². The molecule has 3 aliphatic rings. The molecule has 2 aliphatic carbocycles. The number of nitrogens with zero attached hydrogens (tertiary/aromatic N) is 1. The fraction of sp³-hybridized carbons (Fsp3) is 0.438. The van der Waals surface area contributed by atoms with Gasteiger partial charge in [-0.3, -0.25) is 19.8 Å². The smallest absolute Gasteiger partial charge is 0.271 e. The molecule has 1 aliphatic heterocycles. The SMILES string of the molecule is O=C(NN1C(=O)[C@H]2[C@H]3CC[C@@H](C3)[C@@H]2C1=O)c1ccccc1Cl. The Balaban J connectivity index is 1.57. The molecule has 3 fully saturated rings. The molecule has 1 saturated heterocycles. The van der Waals surface area contributed by atoms with Crippen molar-refractivity contribution in [2.75, 3.05) is 0 Å². The number of carbonyl (C=O) groups is 3. The summed E-state index contributed by atoms with van der Waals surface area (Å²) in [4.78, 5) is 37.3. The quantitative estimate of drug-likeness (QED) is 0.848. The van der Waals surface area contributed by atoms with Gasteiger partial charge in [-0.2, -0.15) is 5.01 Å². The van der Waals surface area contributed by atoms with Crippen LogP contribution in [-0.4, -0.2) is 22.7 Å². The Labute approximate surface area is 132 Å². The minimum absolute atomic E-state index is 0.238. The third-order valence-corrected chi connectivity index (χ3v) is 5.59. The van der Waals surface area contributed by atoms with E-state index in [2.05, 4.69) is 5.43 Å². The van der Waals surface area contributed by atoms with Gasteiger partial charge in [0, 0.05) is 0 Å². The molecule has 0 radical (unpaired) electrons. The number of nitrogens with one attached hydrogen (secondary N) is 1. The molecule has 1 N–H and O–H groups in total. The molecule has 0 spiro atoms. The van der Waals surface area contributed by atoms with Crippen molar-refractivity contribution < 1.29 is 14.4 Å². The Hall–Kier alpha value is -1.88. The Bertz CT molecular complexity index is 662. The van der Waals surface area contributed by atoms with Gasteiger partial charge >= 0.3 is 0 Å². The van der Waals surface area contributed by atoms with Crippen LogP contribution in [0.5, 0.6) is 0 Å². The van der Waals surface area contributed by atoms with E-state index in [9.17, 15) is 14.4 Å². The lowest BCUT2D eigenvalue weighted by molar-refractivity contribution is -0.143. The van der Waals surface area contributed by atoms with Gasteiger partial charge in [0.15, 0.2) is 0 Å². The van der Waals surface area contributed by atoms with Crippen molar-refractivity contribution in [2.24, 2.45) is 23.7 Å². The van der Waals surface area contributed by atoms with E-state index in [0.29, 0.717) is 16.9 Å². The number of carbonyl (C=O) groups excluding carboxylic acids is 3. The van der Waals surface area contributed by atoms with Gasteiger partial charge in [0.05, 0.1) is 22.4 Å². The second kappa shape index (κ2) is 4.81. The van der Waals surface area contributed by atoms with Gasteiger partial charge in [-0.1, -0.05) is 23.7 Å². The lowest BCUT2D eigenvalue weighted by Gasteiger charge is -2.19. The van der Waals surface area contributed by atoms with Gasteiger partial charge in [-0.15, -0.1) is 0 Å². The Morgan fingerprint density at radius 3 is 2.27 bits per heavy atom. The predicted octanol–water partition coefficient (Wildman–Crippen LogP) is 2.02. The van der Waals surface area contributed by atoms with Crippen LogP contribution in [0.25, 0.3) is 0 Å². The number of rotatable bonds is 2. The van der Waals surface area contributed by atoms with Crippen molar-refractivity contribution in [2.45, 2.75) is 19.3 Å². The summed E-state index contributed by atoms with van der Waals surface area (Å²) < 4.78 is 0. The Kier molecular flexibility index (Phi) is 3.01. The Morgan fingerprint density at radius 2 is 1.68 bits per heavy atom. The van der Waals surface area contributed by atoms with Gasteiger partial charge in [-0.25, -0.2) is 0 Å². The van der Waals surface area contributed by atoms with Crippen LogP contribution in [-0.2, 0) is 9.59 Å². The maximum Gasteiger partial charge on any atom is 0.271 e. The number of imide groups is 1. The number of hydrogen-bond donors (Lipinski definition) is 1. The summed E-state index contributed by atoms with van der Waals surface area (Å²) in [5.74, 6) is -0.928. The van der Waals surface area contributed by atoms with Crippen molar-refractivity contribution in [1.29, 1.82) is 0 Å². The first-order chi connectivity index (χ1) is 10.6. The zero-order valence-corrected chi connectivity index (χ0v) is 12.5. The van der Waals surface area contributed by atoms with Crippen LogP contribution in [0.15, 0.2) is 24.3 Å². The van der Waals surface area contributed by atoms with Gasteiger partial charge in [0.1, 0.15) is 0 Å². The van der Waals surface area contributed by atoms with Crippen molar-refractivity contribution in [3.05, 3.63) is 34.9 Å². The standard InChI is InChI=1S/C16H15ClN2O3/c17-11-4-2-1-3-10(11)14(20)18-19-15(21)12-8-5-6-9(7-8)13(12)16(19)22/h1-4,8-9,12-13H,5-7H2,(H,18,20)/t8-,9-,12-,13-/m0/s1. The second-order valence-corrected chi connectivity index (χ2v) is 6.72. The molecular weight excluding hydrogens is 304 g/mol. The first-order valence-corrected chi connectivity index (χ1v) is 7.89. The number of hydrogen-bond acceptors (Lipinski definition) is 3. The number of halogens is 1. The van der Waals surface area contributed by atoms with Gasteiger partial charge in [0.2, 0.25) is 0 Å². The van der Waals surface area contributed by atoms with E-state index in [4.69, 9.17) is 11.6 Å². The normalized spacial score (nSPS) is 32.5. The minimum Gasteiger partial charge on any atom is -0.272 e. The fourth-order valence-electron chi connectivity index (χ4n) is 4.33. The summed E-state index contributed by atoms with van der Waals surface area (Å²) >= 11 is 5.98. The molecule has 1 aromatic carbocycles. The van der Waals surface area contributed by atoms with E-state index in [1.165, 1.54) is 0 Å². The lowest BCUT2D eigenvalue weighted by Crippen LogP contribution is -2.47. The van der Waals surface area contributed by atoms with Crippen LogP contribution in [0.4, 0.5) is 0 Å². The van der Waals surface area contributed by atoms with E-state index in [-0.39, 0.29) is 29.2 Å². The molecule has 1 aromatic rings. The van der Waals surface area contributed by atoms with Crippen molar-refractivity contribution in [3.8, 4) is 0 Å². The van der Waals surface area contributed by atoms with E-state index >= 15 is 0 Å². The third kappa shape index (κ3) is 1.81. The summed E-state index contributed by atoms with van der Waals surface area (Å²) in [7, 11) is 0. The maximum atomic E-state index is 12.5. The zero-order chi connectivity index (χ0) is 15.4. The molecule has 4 atom stereocenters.